The molecule has 112 valence electrons. The summed E-state index contributed by atoms with van der Waals surface area (Å²) >= 11 is 0. The van der Waals surface area contributed by atoms with E-state index in [-0.39, 0.29) is 18.8 Å². The molecular formula is C11H23N3O4S. The lowest BCUT2D eigenvalue weighted by molar-refractivity contribution is 0.0968. The molecular weight excluding hydrogens is 270 g/mol. The summed E-state index contributed by atoms with van der Waals surface area (Å²) in [5.41, 5.74) is 5.30. The molecule has 1 saturated heterocycles. The largest absolute Gasteiger partial charge is 0.388 e. The van der Waals surface area contributed by atoms with Crippen LogP contribution in [-0.2, 0) is 19.5 Å². The van der Waals surface area contributed by atoms with Gasteiger partial charge < -0.3 is 15.2 Å². The van der Waals surface area contributed by atoms with Gasteiger partial charge in [-0.05, 0) is 12.8 Å². The van der Waals surface area contributed by atoms with Crippen molar-refractivity contribution in [3.05, 3.63) is 0 Å². The SMILES string of the molecule is COCCN(CCC(=N)N)S(=O)(=O)C1CCOCC1. The van der Waals surface area contributed by atoms with Gasteiger partial charge in [-0.2, -0.15) is 4.31 Å². The van der Waals surface area contributed by atoms with Crippen molar-refractivity contribution in [1.82, 2.24) is 4.31 Å². The van der Waals surface area contributed by atoms with Crippen molar-refractivity contribution >= 4 is 15.9 Å². The predicted octanol–water partition coefficient (Wildman–Crippen LogP) is -0.230. The average molecular weight is 293 g/mol. The number of ether oxygens (including phenoxy) is 2. The Labute approximate surface area is 114 Å². The van der Waals surface area contributed by atoms with Crippen molar-refractivity contribution in [2.75, 3.05) is 40.0 Å². The fourth-order valence-corrected chi connectivity index (χ4v) is 3.87. The Bertz CT molecular complexity index is 379. The van der Waals surface area contributed by atoms with Crippen molar-refractivity contribution in [2.24, 2.45) is 5.73 Å². The monoisotopic (exact) mass is 293 g/mol. The summed E-state index contributed by atoms with van der Waals surface area (Å²) in [4.78, 5) is 0. The molecule has 0 amide bonds. The highest BCUT2D eigenvalue weighted by Gasteiger charge is 2.32. The maximum absolute atomic E-state index is 12.5. The fraction of sp³-hybridized carbons (Fsp3) is 0.909. The third-order valence-corrected chi connectivity index (χ3v) is 5.52. The molecule has 0 radical (unpaired) electrons. The number of nitrogens with two attached hydrogens (primary N) is 1. The molecule has 19 heavy (non-hydrogen) atoms. The molecule has 0 saturated carbocycles. The van der Waals surface area contributed by atoms with Crippen molar-refractivity contribution in [3.8, 4) is 0 Å². The molecule has 7 nitrogen and oxygen atoms in total. The van der Waals surface area contributed by atoms with Crippen LogP contribution in [-0.4, -0.2) is 63.8 Å². The molecule has 1 aliphatic heterocycles. The number of methoxy groups -OCH3 is 1. The number of sulfonamides is 1. The second-order valence-corrected chi connectivity index (χ2v) is 6.74. The Morgan fingerprint density at radius 3 is 2.58 bits per heavy atom. The van der Waals surface area contributed by atoms with E-state index in [0.717, 1.165) is 0 Å². The number of nitrogens with one attached hydrogen (secondary N) is 1. The van der Waals surface area contributed by atoms with E-state index in [0.29, 0.717) is 39.2 Å². The molecule has 0 aliphatic carbocycles. The molecule has 1 rings (SSSR count). The van der Waals surface area contributed by atoms with E-state index >= 15 is 0 Å². The minimum Gasteiger partial charge on any atom is -0.388 e. The zero-order valence-corrected chi connectivity index (χ0v) is 12.1. The van der Waals surface area contributed by atoms with E-state index in [1.165, 1.54) is 11.4 Å². The Balaban J connectivity index is 2.71. The fourth-order valence-electron chi connectivity index (χ4n) is 1.99. The molecule has 0 aromatic carbocycles. The van der Waals surface area contributed by atoms with Gasteiger partial charge >= 0.3 is 0 Å². The molecule has 1 aliphatic rings. The highest BCUT2D eigenvalue weighted by molar-refractivity contribution is 7.89. The van der Waals surface area contributed by atoms with E-state index in [4.69, 9.17) is 20.6 Å². The first kappa shape index (κ1) is 16.4. The minimum absolute atomic E-state index is 0.00963. The van der Waals surface area contributed by atoms with Crippen LogP contribution >= 0.6 is 0 Å². The van der Waals surface area contributed by atoms with Crippen LogP contribution in [0.1, 0.15) is 19.3 Å². The predicted molar refractivity (Wildman–Crippen MR) is 72.7 cm³/mol. The summed E-state index contributed by atoms with van der Waals surface area (Å²) in [6.07, 6.45) is 1.28. The van der Waals surface area contributed by atoms with E-state index in [1.807, 2.05) is 0 Å². The number of hydrogen-bond donors (Lipinski definition) is 2. The summed E-state index contributed by atoms with van der Waals surface area (Å²) in [6.45, 7) is 1.83. The van der Waals surface area contributed by atoms with Crippen LogP contribution in [0.5, 0.6) is 0 Å². The Hall–Kier alpha value is -0.700. The molecule has 0 bridgehead atoms. The third kappa shape index (κ3) is 5.06. The van der Waals surface area contributed by atoms with Crippen molar-refractivity contribution in [1.29, 1.82) is 5.41 Å². The maximum Gasteiger partial charge on any atom is 0.217 e. The average Bonchev–Trinajstić information content (AvgIpc) is 2.39. The van der Waals surface area contributed by atoms with Crippen LogP contribution in [0.25, 0.3) is 0 Å². The number of hydrogen-bond acceptors (Lipinski definition) is 5. The molecule has 8 heteroatoms. The quantitative estimate of drug-likeness (QED) is 0.475. The lowest BCUT2D eigenvalue weighted by Crippen LogP contribution is -2.44. The van der Waals surface area contributed by atoms with E-state index in [2.05, 4.69) is 0 Å². The molecule has 0 unspecified atom stereocenters. The molecule has 0 aromatic rings. The Morgan fingerprint density at radius 2 is 2.05 bits per heavy atom. The van der Waals surface area contributed by atoms with Crippen molar-refractivity contribution in [3.63, 3.8) is 0 Å². The van der Waals surface area contributed by atoms with Crippen molar-refractivity contribution < 1.29 is 17.9 Å². The highest BCUT2D eigenvalue weighted by Crippen LogP contribution is 2.19. The summed E-state index contributed by atoms with van der Waals surface area (Å²) in [5.74, 6) is -0.00963. The Kier molecular flexibility index (Phi) is 6.70. The van der Waals surface area contributed by atoms with Crippen LogP contribution in [0.15, 0.2) is 0 Å². The second-order valence-electron chi connectivity index (χ2n) is 4.52. The summed E-state index contributed by atoms with van der Waals surface area (Å²) in [6, 6.07) is 0. The summed E-state index contributed by atoms with van der Waals surface area (Å²) in [5, 5.41) is 6.82. The second kappa shape index (κ2) is 7.78. The van der Waals surface area contributed by atoms with E-state index in [1.54, 1.807) is 0 Å². The molecule has 1 fully saturated rings. The van der Waals surface area contributed by atoms with Gasteiger partial charge in [-0.15, -0.1) is 0 Å². The lowest BCUT2D eigenvalue weighted by Gasteiger charge is -2.29. The van der Waals surface area contributed by atoms with Crippen LogP contribution in [0.2, 0.25) is 0 Å². The third-order valence-electron chi connectivity index (χ3n) is 3.12. The first-order valence-corrected chi connectivity index (χ1v) is 7.87. The van der Waals surface area contributed by atoms with Crippen LogP contribution in [0.4, 0.5) is 0 Å². The van der Waals surface area contributed by atoms with Gasteiger partial charge in [0.1, 0.15) is 0 Å². The summed E-state index contributed by atoms with van der Waals surface area (Å²) < 4.78 is 36.5. The number of rotatable bonds is 8. The first-order valence-electron chi connectivity index (χ1n) is 6.37. The molecule has 0 atom stereocenters. The maximum atomic E-state index is 12.5. The molecule has 0 spiro atoms. The number of nitrogens with zero attached hydrogens (tertiary/aromatic N) is 1. The van der Waals surface area contributed by atoms with E-state index < -0.39 is 15.3 Å². The van der Waals surface area contributed by atoms with Crippen LogP contribution in [0, 0.1) is 5.41 Å². The van der Waals surface area contributed by atoms with E-state index in [9.17, 15) is 8.42 Å². The zero-order chi connectivity index (χ0) is 14.3. The van der Waals surface area contributed by atoms with Gasteiger partial charge in [0.15, 0.2) is 0 Å². The zero-order valence-electron chi connectivity index (χ0n) is 11.3. The summed E-state index contributed by atoms with van der Waals surface area (Å²) in [7, 11) is -1.84. The Morgan fingerprint density at radius 1 is 1.42 bits per heavy atom. The van der Waals surface area contributed by atoms with Gasteiger partial charge in [0.25, 0.3) is 0 Å². The van der Waals surface area contributed by atoms with Gasteiger partial charge in [-0.3, -0.25) is 5.41 Å². The molecule has 3 N–H and O–H groups in total. The van der Waals surface area contributed by atoms with Gasteiger partial charge in [0, 0.05) is 39.8 Å². The van der Waals surface area contributed by atoms with Gasteiger partial charge in [-0.25, -0.2) is 8.42 Å². The van der Waals surface area contributed by atoms with Gasteiger partial charge in [0.2, 0.25) is 10.0 Å². The minimum atomic E-state index is -3.37. The van der Waals surface area contributed by atoms with Gasteiger partial charge in [-0.1, -0.05) is 0 Å². The topological polar surface area (TPSA) is 106 Å². The standard InChI is InChI=1S/C11H23N3O4S/c1-17-9-6-14(5-2-11(12)13)19(15,16)10-3-7-18-8-4-10/h10H,2-9H2,1H3,(H3,12,13). The first-order chi connectivity index (χ1) is 8.98. The number of amidine groups is 1. The molecule has 0 aromatic heterocycles. The highest BCUT2D eigenvalue weighted by atomic mass is 32.2. The molecule has 1 heterocycles. The lowest BCUT2D eigenvalue weighted by atomic mass is 10.2. The normalized spacial score (nSPS) is 17.8. The van der Waals surface area contributed by atoms with Gasteiger partial charge in [0.05, 0.1) is 17.7 Å². The van der Waals surface area contributed by atoms with Crippen molar-refractivity contribution in [2.45, 2.75) is 24.5 Å². The van der Waals surface area contributed by atoms with Crippen LogP contribution < -0.4 is 5.73 Å². The smallest absolute Gasteiger partial charge is 0.217 e. The van der Waals surface area contributed by atoms with Crippen LogP contribution in [0.3, 0.4) is 0 Å².